The van der Waals surface area contributed by atoms with E-state index < -0.39 is 0 Å². The highest BCUT2D eigenvalue weighted by molar-refractivity contribution is 5.82. The fraction of sp³-hybridized carbons (Fsp3) is 0.923. The number of aliphatic hydroxyl groups is 1. The fourth-order valence-electron chi connectivity index (χ4n) is 3.06. The van der Waals surface area contributed by atoms with Gasteiger partial charge >= 0.3 is 0 Å². The first-order chi connectivity index (χ1) is 8.03. The van der Waals surface area contributed by atoms with Crippen molar-refractivity contribution < 1.29 is 9.90 Å². The summed E-state index contributed by atoms with van der Waals surface area (Å²) in [4.78, 5) is 14.2. The van der Waals surface area contributed by atoms with Gasteiger partial charge in [0.2, 0.25) is 5.91 Å². The predicted octanol–water partition coefficient (Wildman–Crippen LogP) is 0.748. The molecule has 98 valence electrons. The Hall–Kier alpha value is -0.610. The molecule has 1 saturated carbocycles. The van der Waals surface area contributed by atoms with Crippen LogP contribution in [-0.2, 0) is 4.79 Å². The van der Waals surface area contributed by atoms with Gasteiger partial charge in [-0.05, 0) is 18.3 Å². The molecular weight excluding hydrogens is 216 g/mol. The van der Waals surface area contributed by atoms with Crippen molar-refractivity contribution in [2.75, 3.05) is 19.7 Å². The monoisotopic (exact) mass is 240 g/mol. The van der Waals surface area contributed by atoms with Crippen LogP contribution in [0.25, 0.3) is 0 Å². The minimum atomic E-state index is -0.347. The summed E-state index contributed by atoms with van der Waals surface area (Å²) in [6, 6.07) is 0.134. The zero-order valence-electron chi connectivity index (χ0n) is 10.9. The van der Waals surface area contributed by atoms with Crippen molar-refractivity contribution >= 4 is 5.91 Å². The standard InChI is InChI=1S/C13H24N2O2/c1-13(2)8-14-12(17)11(7-16)15(9-13)10-5-3-4-6-10/h10-11,16H,3-9H2,1-2H3,(H,14,17). The minimum Gasteiger partial charge on any atom is -0.394 e. The zero-order valence-corrected chi connectivity index (χ0v) is 10.9. The van der Waals surface area contributed by atoms with E-state index in [9.17, 15) is 9.90 Å². The van der Waals surface area contributed by atoms with Gasteiger partial charge in [-0.3, -0.25) is 9.69 Å². The van der Waals surface area contributed by atoms with E-state index in [0.717, 1.165) is 6.54 Å². The third-order valence-electron chi connectivity index (χ3n) is 4.02. The summed E-state index contributed by atoms with van der Waals surface area (Å²) in [6.07, 6.45) is 4.84. The van der Waals surface area contributed by atoms with Crippen LogP contribution in [0, 0.1) is 5.41 Å². The number of rotatable bonds is 2. The minimum absolute atomic E-state index is 0.00928. The molecule has 0 bridgehead atoms. The second-order valence-corrected chi connectivity index (χ2v) is 6.19. The molecule has 2 aliphatic rings. The molecule has 2 fully saturated rings. The smallest absolute Gasteiger partial charge is 0.239 e. The van der Waals surface area contributed by atoms with Gasteiger partial charge in [0.15, 0.2) is 0 Å². The van der Waals surface area contributed by atoms with Crippen LogP contribution in [0.5, 0.6) is 0 Å². The lowest BCUT2D eigenvalue weighted by atomic mass is 9.92. The summed E-state index contributed by atoms with van der Waals surface area (Å²) < 4.78 is 0. The van der Waals surface area contributed by atoms with Crippen LogP contribution in [-0.4, -0.2) is 47.7 Å². The number of carbonyl (C=O) groups excluding carboxylic acids is 1. The molecule has 1 saturated heterocycles. The van der Waals surface area contributed by atoms with Crippen molar-refractivity contribution in [3.8, 4) is 0 Å². The molecule has 17 heavy (non-hydrogen) atoms. The Balaban J connectivity index is 2.18. The van der Waals surface area contributed by atoms with Gasteiger partial charge in [-0.15, -0.1) is 0 Å². The van der Waals surface area contributed by atoms with E-state index >= 15 is 0 Å². The molecule has 1 amide bonds. The lowest BCUT2D eigenvalue weighted by Gasteiger charge is -2.36. The summed E-state index contributed by atoms with van der Waals surface area (Å²) in [7, 11) is 0. The Bertz CT molecular complexity index is 285. The zero-order chi connectivity index (χ0) is 12.5. The van der Waals surface area contributed by atoms with Crippen molar-refractivity contribution in [2.45, 2.75) is 51.6 Å². The second-order valence-electron chi connectivity index (χ2n) is 6.19. The van der Waals surface area contributed by atoms with Crippen molar-refractivity contribution in [1.29, 1.82) is 0 Å². The van der Waals surface area contributed by atoms with Crippen LogP contribution >= 0.6 is 0 Å². The topological polar surface area (TPSA) is 52.6 Å². The molecule has 0 aromatic carbocycles. The van der Waals surface area contributed by atoms with Crippen LogP contribution in [0.4, 0.5) is 0 Å². The summed E-state index contributed by atoms with van der Waals surface area (Å²) >= 11 is 0. The molecule has 1 aliphatic carbocycles. The molecule has 4 heteroatoms. The number of hydrogen-bond acceptors (Lipinski definition) is 3. The van der Waals surface area contributed by atoms with Crippen molar-refractivity contribution in [3.63, 3.8) is 0 Å². The molecule has 1 unspecified atom stereocenters. The first-order valence-corrected chi connectivity index (χ1v) is 6.68. The lowest BCUT2D eigenvalue weighted by molar-refractivity contribution is -0.127. The Morgan fingerprint density at radius 3 is 2.65 bits per heavy atom. The third kappa shape index (κ3) is 2.80. The number of amides is 1. The number of aliphatic hydroxyl groups excluding tert-OH is 1. The Morgan fingerprint density at radius 1 is 1.41 bits per heavy atom. The quantitative estimate of drug-likeness (QED) is 0.749. The van der Waals surface area contributed by atoms with Gasteiger partial charge < -0.3 is 10.4 Å². The lowest BCUT2D eigenvalue weighted by Crippen LogP contribution is -2.51. The predicted molar refractivity (Wildman–Crippen MR) is 66.6 cm³/mol. The summed E-state index contributed by atoms with van der Waals surface area (Å²) in [5, 5.41) is 12.4. The van der Waals surface area contributed by atoms with E-state index in [1.807, 2.05) is 0 Å². The van der Waals surface area contributed by atoms with Crippen LogP contribution in [0.1, 0.15) is 39.5 Å². The largest absolute Gasteiger partial charge is 0.394 e. The van der Waals surface area contributed by atoms with Gasteiger partial charge in [-0.2, -0.15) is 0 Å². The maximum absolute atomic E-state index is 12.0. The number of hydrogen-bond donors (Lipinski definition) is 2. The maximum atomic E-state index is 12.0. The second kappa shape index (κ2) is 4.94. The van der Waals surface area contributed by atoms with Gasteiger partial charge in [0.1, 0.15) is 6.04 Å². The highest BCUT2D eigenvalue weighted by Gasteiger charge is 2.39. The van der Waals surface area contributed by atoms with E-state index in [-0.39, 0.29) is 24.0 Å². The average molecular weight is 240 g/mol. The Labute approximate surface area is 103 Å². The number of carbonyl (C=O) groups is 1. The van der Waals surface area contributed by atoms with Gasteiger partial charge in [0, 0.05) is 19.1 Å². The molecule has 0 aromatic rings. The molecular formula is C13H24N2O2. The highest BCUT2D eigenvalue weighted by Crippen LogP contribution is 2.30. The SMILES string of the molecule is CC1(C)CNC(=O)C(CO)N(C2CCCC2)C1. The fourth-order valence-corrected chi connectivity index (χ4v) is 3.06. The molecule has 2 rings (SSSR count). The maximum Gasteiger partial charge on any atom is 0.239 e. The van der Waals surface area contributed by atoms with Crippen LogP contribution in [0.15, 0.2) is 0 Å². The molecule has 2 N–H and O–H groups in total. The van der Waals surface area contributed by atoms with E-state index in [0.29, 0.717) is 12.6 Å². The van der Waals surface area contributed by atoms with E-state index in [1.165, 1.54) is 25.7 Å². The first kappa shape index (κ1) is 12.8. The summed E-state index contributed by atoms with van der Waals surface area (Å²) in [5.74, 6) is -0.00928. The van der Waals surface area contributed by atoms with Crippen LogP contribution < -0.4 is 5.32 Å². The summed E-state index contributed by atoms with van der Waals surface area (Å²) in [5.41, 5.74) is 0.0855. The molecule has 1 aliphatic heterocycles. The van der Waals surface area contributed by atoms with Crippen LogP contribution in [0.3, 0.4) is 0 Å². The van der Waals surface area contributed by atoms with Crippen molar-refractivity contribution in [3.05, 3.63) is 0 Å². The van der Waals surface area contributed by atoms with Gasteiger partial charge in [0.25, 0.3) is 0 Å². The van der Waals surface area contributed by atoms with Crippen LogP contribution in [0.2, 0.25) is 0 Å². The van der Waals surface area contributed by atoms with Crippen molar-refractivity contribution in [1.82, 2.24) is 10.2 Å². The first-order valence-electron chi connectivity index (χ1n) is 6.68. The average Bonchev–Trinajstić information content (AvgIpc) is 2.75. The Kier molecular flexibility index (Phi) is 3.73. The normalized spacial score (nSPS) is 31.2. The molecule has 1 heterocycles. The number of nitrogens with zero attached hydrogens (tertiary/aromatic N) is 1. The van der Waals surface area contributed by atoms with Gasteiger partial charge in [0.05, 0.1) is 6.61 Å². The molecule has 4 nitrogen and oxygen atoms in total. The van der Waals surface area contributed by atoms with Gasteiger partial charge in [-0.1, -0.05) is 26.7 Å². The summed E-state index contributed by atoms with van der Waals surface area (Å²) in [6.45, 7) is 5.87. The Morgan fingerprint density at radius 2 is 2.06 bits per heavy atom. The van der Waals surface area contributed by atoms with E-state index in [1.54, 1.807) is 0 Å². The van der Waals surface area contributed by atoms with Crippen molar-refractivity contribution in [2.24, 2.45) is 5.41 Å². The van der Waals surface area contributed by atoms with E-state index in [4.69, 9.17) is 0 Å². The molecule has 0 spiro atoms. The molecule has 0 radical (unpaired) electrons. The molecule has 1 atom stereocenters. The van der Waals surface area contributed by atoms with E-state index in [2.05, 4.69) is 24.1 Å². The highest BCUT2D eigenvalue weighted by atomic mass is 16.3. The molecule has 0 aromatic heterocycles. The van der Waals surface area contributed by atoms with Gasteiger partial charge in [-0.25, -0.2) is 0 Å². The number of nitrogens with one attached hydrogen (secondary N) is 1. The third-order valence-corrected chi connectivity index (χ3v) is 4.02.